The van der Waals surface area contributed by atoms with Crippen LogP contribution in [0, 0.1) is 0 Å². The van der Waals surface area contributed by atoms with E-state index < -0.39 is 0 Å². The summed E-state index contributed by atoms with van der Waals surface area (Å²) in [7, 11) is 0. The van der Waals surface area contributed by atoms with Crippen LogP contribution in [-0.4, -0.2) is 23.0 Å². The van der Waals surface area contributed by atoms with Gasteiger partial charge in [-0.05, 0) is 19.3 Å². The third-order valence-corrected chi connectivity index (χ3v) is 5.16. The summed E-state index contributed by atoms with van der Waals surface area (Å²) in [6.07, 6.45) is 3.81. The Bertz CT molecular complexity index is 307. The van der Waals surface area contributed by atoms with E-state index in [1.165, 1.54) is 41.5 Å². The number of fused-ring (bicyclic) bond motifs is 1. The van der Waals surface area contributed by atoms with E-state index in [4.69, 9.17) is 4.98 Å². The van der Waals surface area contributed by atoms with Crippen molar-refractivity contribution in [3.05, 3.63) is 15.6 Å². The van der Waals surface area contributed by atoms with E-state index >= 15 is 0 Å². The molecule has 1 unspecified atom stereocenters. The zero-order valence-corrected chi connectivity index (χ0v) is 9.72. The highest BCUT2D eigenvalue weighted by molar-refractivity contribution is 7.99. The van der Waals surface area contributed by atoms with Crippen molar-refractivity contribution in [3.8, 4) is 0 Å². The summed E-state index contributed by atoms with van der Waals surface area (Å²) < 4.78 is 0. The molecular formula is C10H14N2S2. The van der Waals surface area contributed by atoms with Gasteiger partial charge in [-0.1, -0.05) is 0 Å². The van der Waals surface area contributed by atoms with Gasteiger partial charge in [-0.2, -0.15) is 11.8 Å². The van der Waals surface area contributed by atoms with Gasteiger partial charge in [-0.25, -0.2) is 4.98 Å². The standard InChI is InChI=1S/C10H14N2S2/c1-2-7-9(3-1)14-10(12-7)8-6-13-5-4-11-8/h8,11H,1-6H2. The Hall–Kier alpha value is -0.0600. The van der Waals surface area contributed by atoms with Crippen LogP contribution in [0.1, 0.15) is 28.0 Å². The molecule has 1 aromatic heterocycles. The maximum absolute atomic E-state index is 4.76. The van der Waals surface area contributed by atoms with Crippen LogP contribution in [0.4, 0.5) is 0 Å². The Morgan fingerprint density at radius 3 is 3.14 bits per heavy atom. The normalized spacial score (nSPS) is 26.4. The summed E-state index contributed by atoms with van der Waals surface area (Å²) in [5.41, 5.74) is 1.39. The Labute approximate surface area is 92.5 Å². The lowest BCUT2D eigenvalue weighted by Crippen LogP contribution is -2.30. The molecule has 4 heteroatoms. The van der Waals surface area contributed by atoms with Gasteiger partial charge >= 0.3 is 0 Å². The molecule has 0 saturated carbocycles. The van der Waals surface area contributed by atoms with Gasteiger partial charge in [-0.3, -0.25) is 0 Å². The van der Waals surface area contributed by atoms with E-state index in [1.54, 1.807) is 4.88 Å². The van der Waals surface area contributed by atoms with E-state index in [2.05, 4.69) is 5.32 Å². The second-order valence-corrected chi connectivity index (χ2v) is 6.12. The number of thiazole rings is 1. The average molecular weight is 226 g/mol. The van der Waals surface area contributed by atoms with Crippen molar-refractivity contribution in [2.45, 2.75) is 25.3 Å². The van der Waals surface area contributed by atoms with Crippen molar-refractivity contribution in [2.75, 3.05) is 18.1 Å². The van der Waals surface area contributed by atoms with Crippen LogP contribution < -0.4 is 5.32 Å². The quantitative estimate of drug-likeness (QED) is 0.793. The number of nitrogens with one attached hydrogen (secondary N) is 1. The number of hydrogen-bond donors (Lipinski definition) is 1. The second kappa shape index (κ2) is 3.83. The van der Waals surface area contributed by atoms with E-state index in [0.29, 0.717) is 6.04 Å². The fourth-order valence-corrected chi connectivity index (χ4v) is 4.36. The fraction of sp³-hybridized carbons (Fsp3) is 0.700. The number of thioether (sulfide) groups is 1. The number of nitrogens with zero attached hydrogens (tertiary/aromatic N) is 1. The van der Waals surface area contributed by atoms with Gasteiger partial charge in [-0.15, -0.1) is 11.3 Å². The number of aromatic nitrogens is 1. The average Bonchev–Trinajstić information content (AvgIpc) is 2.78. The van der Waals surface area contributed by atoms with Crippen LogP contribution in [0.3, 0.4) is 0 Å². The molecule has 0 bridgehead atoms. The fourth-order valence-electron chi connectivity index (χ4n) is 2.08. The van der Waals surface area contributed by atoms with Crippen molar-refractivity contribution in [1.82, 2.24) is 10.3 Å². The van der Waals surface area contributed by atoms with Crippen molar-refractivity contribution in [1.29, 1.82) is 0 Å². The molecule has 1 N–H and O–H groups in total. The molecule has 2 heterocycles. The van der Waals surface area contributed by atoms with E-state index in [9.17, 15) is 0 Å². The molecule has 1 saturated heterocycles. The second-order valence-electron chi connectivity index (χ2n) is 3.86. The monoisotopic (exact) mass is 226 g/mol. The third kappa shape index (κ3) is 1.59. The Morgan fingerprint density at radius 1 is 1.36 bits per heavy atom. The number of rotatable bonds is 1. The summed E-state index contributed by atoms with van der Waals surface area (Å²) in [5, 5.41) is 4.89. The first kappa shape index (κ1) is 9.19. The highest BCUT2D eigenvalue weighted by Gasteiger charge is 2.23. The highest BCUT2D eigenvalue weighted by Crippen LogP contribution is 2.32. The Morgan fingerprint density at radius 2 is 2.36 bits per heavy atom. The zero-order chi connectivity index (χ0) is 9.38. The maximum Gasteiger partial charge on any atom is 0.111 e. The van der Waals surface area contributed by atoms with Gasteiger partial charge < -0.3 is 5.32 Å². The summed E-state index contributed by atoms with van der Waals surface area (Å²) >= 11 is 3.98. The van der Waals surface area contributed by atoms with Crippen LogP contribution in [0.5, 0.6) is 0 Å². The molecule has 0 aromatic carbocycles. The minimum Gasteiger partial charge on any atom is -0.306 e. The summed E-state index contributed by atoms with van der Waals surface area (Å²) in [6.45, 7) is 1.14. The van der Waals surface area contributed by atoms with E-state index in [-0.39, 0.29) is 0 Å². The molecule has 0 radical (unpaired) electrons. The van der Waals surface area contributed by atoms with Crippen LogP contribution in [0.2, 0.25) is 0 Å². The van der Waals surface area contributed by atoms with Crippen LogP contribution >= 0.6 is 23.1 Å². The Balaban J connectivity index is 1.82. The first-order chi connectivity index (χ1) is 6.93. The largest absolute Gasteiger partial charge is 0.306 e. The molecule has 1 aliphatic heterocycles. The summed E-state index contributed by atoms with van der Waals surface area (Å²) in [6, 6.07) is 0.532. The lowest BCUT2D eigenvalue weighted by atomic mass is 10.3. The van der Waals surface area contributed by atoms with Crippen molar-refractivity contribution in [2.24, 2.45) is 0 Å². The zero-order valence-electron chi connectivity index (χ0n) is 8.08. The molecule has 76 valence electrons. The van der Waals surface area contributed by atoms with Gasteiger partial charge in [0.1, 0.15) is 5.01 Å². The first-order valence-electron chi connectivity index (χ1n) is 5.23. The van der Waals surface area contributed by atoms with Gasteiger partial charge in [0.05, 0.1) is 11.7 Å². The van der Waals surface area contributed by atoms with Crippen molar-refractivity contribution < 1.29 is 0 Å². The summed E-state index contributed by atoms with van der Waals surface area (Å²) in [5.74, 6) is 2.45. The highest BCUT2D eigenvalue weighted by atomic mass is 32.2. The first-order valence-corrected chi connectivity index (χ1v) is 7.20. The predicted molar refractivity (Wildman–Crippen MR) is 62.2 cm³/mol. The molecule has 3 rings (SSSR count). The molecule has 0 amide bonds. The Kier molecular flexibility index (Phi) is 2.51. The molecule has 2 nitrogen and oxygen atoms in total. The smallest absolute Gasteiger partial charge is 0.111 e. The maximum atomic E-state index is 4.76. The van der Waals surface area contributed by atoms with Gasteiger partial charge in [0.15, 0.2) is 0 Å². The van der Waals surface area contributed by atoms with Crippen molar-refractivity contribution in [3.63, 3.8) is 0 Å². The predicted octanol–water partition coefficient (Wildman–Crippen LogP) is 2.01. The lowest BCUT2D eigenvalue weighted by molar-refractivity contribution is 0.590. The molecule has 1 fully saturated rings. The molecular weight excluding hydrogens is 212 g/mol. The van der Waals surface area contributed by atoms with Crippen LogP contribution in [-0.2, 0) is 12.8 Å². The minimum absolute atomic E-state index is 0.532. The molecule has 1 atom stereocenters. The van der Waals surface area contributed by atoms with Gasteiger partial charge in [0.25, 0.3) is 0 Å². The number of hydrogen-bond acceptors (Lipinski definition) is 4. The summed E-state index contributed by atoms with van der Waals surface area (Å²) in [4.78, 5) is 6.31. The van der Waals surface area contributed by atoms with Crippen LogP contribution in [0.25, 0.3) is 0 Å². The van der Waals surface area contributed by atoms with E-state index in [0.717, 1.165) is 6.54 Å². The molecule has 1 aromatic rings. The molecule has 2 aliphatic rings. The minimum atomic E-state index is 0.532. The topological polar surface area (TPSA) is 24.9 Å². The van der Waals surface area contributed by atoms with Crippen molar-refractivity contribution >= 4 is 23.1 Å². The molecule has 0 spiro atoms. The molecule has 14 heavy (non-hydrogen) atoms. The third-order valence-electron chi connectivity index (χ3n) is 2.83. The molecule has 1 aliphatic carbocycles. The number of aryl methyl sites for hydroxylation is 2. The van der Waals surface area contributed by atoms with Crippen LogP contribution in [0.15, 0.2) is 0 Å². The van der Waals surface area contributed by atoms with Gasteiger partial charge in [0, 0.05) is 22.9 Å². The SMILES string of the molecule is C1Cc2nc(C3CSCCN3)sc2C1. The van der Waals surface area contributed by atoms with Gasteiger partial charge in [0.2, 0.25) is 0 Å². The van der Waals surface area contributed by atoms with E-state index in [1.807, 2.05) is 23.1 Å². The lowest BCUT2D eigenvalue weighted by Gasteiger charge is -2.20.